The van der Waals surface area contributed by atoms with Gasteiger partial charge in [-0.15, -0.1) is 0 Å². The van der Waals surface area contributed by atoms with Crippen LogP contribution in [0.1, 0.15) is 41.6 Å². The molecule has 1 saturated carbocycles. The van der Waals surface area contributed by atoms with Crippen LogP contribution in [0.2, 0.25) is 0 Å². The number of hydrogen-bond donors (Lipinski definition) is 1. The molecule has 0 spiro atoms. The average Bonchev–Trinajstić information content (AvgIpc) is 2.85. The summed E-state index contributed by atoms with van der Waals surface area (Å²) < 4.78 is 0. The SMILES string of the molecule is CSCc1ccc(C(=O)N(C)CC2(O)CCCC2)cc1. The normalized spacial score (nSPS) is 17.1. The average molecular weight is 293 g/mol. The first-order valence-corrected chi connectivity index (χ1v) is 8.49. The maximum Gasteiger partial charge on any atom is 0.253 e. The number of carbonyl (C=O) groups excluding carboxylic acids is 1. The van der Waals surface area contributed by atoms with Crippen LogP contribution in [-0.4, -0.2) is 41.4 Å². The Morgan fingerprint density at radius 2 is 1.90 bits per heavy atom. The smallest absolute Gasteiger partial charge is 0.253 e. The van der Waals surface area contributed by atoms with Gasteiger partial charge in [0.05, 0.1) is 5.60 Å². The summed E-state index contributed by atoms with van der Waals surface area (Å²) >= 11 is 1.77. The molecule has 1 N–H and O–H groups in total. The third-order valence-corrected chi connectivity index (χ3v) is 4.55. The summed E-state index contributed by atoms with van der Waals surface area (Å²) in [5.74, 6) is 0.949. The van der Waals surface area contributed by atoms with Crippen molar-refractivity contribution in [1.29, 1.82) is 0 Å². The van der Waals surface area contributed by atoms with Crippen molar-refractivity contribution < 1.29 is 9.90 Å². The van der Waals surface area contributed by atoms with Crippen molar-refractivity contribution in [1.82, 2.24) is 4.90 Å². The first-order chi connectivity index (χ1) is 9.54. The predicted octanol–water partition coefficient (Wildman–Crippen LogP) is 2.93. The fourth-order valence-corrected chi connectivity index (χ4v) is 3.36. The zero-order valence-corrected chi connectivity index (χ0v) is 13.1. The fraction of sp³-hybridized carbons (Fsp3) is 0.562. The Morgan fingerprint density at radius 1 is 1.30 bits per heavy atom. The van der Waals surface area contributed by atoms with Crippen LogP contribution >= 0.6 is 11.8 Å². The molecule has 0 saturated heterocycles. The second kappa shape index (κ2) is 6.64. The third kappa shape index (κ3) is 3.76. The van der Waals surface area contributed by atoms with Crippen molar-refractivity contribution in [3.8, 4) is 0 Å². The molecule has 1 amide bonds. The van der Waals surface area contributed by atoms with Crippen molar-refractivity contribution in [3.05, 3.63) is 35.4 Å². The van der Waals surface area contributed by atoms with Crippen LogP contribution in [0.5, 0.6) is 0 Å². The van der Waals surface area contributed by atoms with Gasteiger partial charge in [-0.25, -0.2) is 0 Å². The molecule has 1 aromatic rings. The molecule has 4 heteroatoms. The van der Waals surface area contributed by atoms with E-state index in [0.29, 0.717) is 12.1 Å². The van der Waals surface area contributed by atoms with Crippen LogP contribution < -0.4 is 0 Å². The largest absolute Gasteiger partial charge is 0.388 e. The molecule has 0 bridgehead atoms. The number of thioether (sulfide) groups is 1. The van der Waals surface area contributed by atoms with Gasteiger partial charge in [0.15, 0.2) is 0 Å². The zero-order chi connectivity index (χ0) is 14.6. The Labute approximate surface area is 125 Å². The van der Waals surface area contributed by atoms with E-state index in [2.05, 4.69) is 6.26 Å². The van der Waals surface area contributed by atoms with Crippen LogP contribution in [-0.2, 0) is 5.75 Å². The van der Waals surface area contributed by atoms with Crippen molar-refractivity contribution in [3.63, 3.8) is 0 Å². The van der Waals surface area contributed by atoms with Crippen LogP contribution in [0.4, 0.5) is 0 Å². The van der Waals surface area contributed by atoms with Gasteiger partial charge >= 0.3 is 0 Å². The molecule has 1 aliphatic rings. The summed E-state index contributed by atoms with van der Waals surface area (Å²) in [6, 6.07) is 7.76. The minimum atomic E-state index is -0.677. The molecule has 110 valence electrons. The highest BCUT2D eigenvalue weighted by atomic mass is 32.2. The number of nitrogens with zero attached hydrogens (tertiary/aromatic N) is 1. The summed E-state index contributed by atoms with van der Waals surface area (Å²) in [5, 5.41) is 10.4. The molecule has 0 heterocycles. The first-order valence-electron chi connectivity index (χ1n) is 7.10. The molecule has 3 nitrogen and oxygen atoms in total. The first kappa shape index (κ1) is 15.4. The van der Waals surface area contributed by atoms with Crippen molar-refractivity contribution in [2.24, 2.45) is 0 Å². The Kier molecular flexibility index (Phi) is 5.11. The zero-order valence-electron chi connectivity index (χ0n) is 12.3. The molecule has 0 unspecified atom stereocenters. The number of amides is 1. The predicted molar refractivity (Wildman–Crippen MR) is 84.0 cm³/mol. The van der Waals surface area contributed by atoms with E-state index >= 15 is 0 Å². The fourth-order valence-electron chi connectivity index (χ4n) is 2.84. The lowest BCUT2D eigenvalue weighted by Gasteiger charge is -2.28. The summed E-state index contributed by atoms with van der Waals surface area (Å²) in [4.78, 5) is 14.0. The Morgan fingerprint density at radius 3 is 2.45 bits per heavy atom. The van der Waals surface area contributed by atoms with E-state index in [-0.39, 0.29) is 5.91 Å². The van der Waals surface area contributed by atoms with Gasteiger partial charge in [0, 0.05) is 24.9 Å². The van der Waals surface area contributed by atoms with Crippen molar-refractivity contribution >= 4 is 17.7 Å². The number of rotatable bonds is 5. The quantitative estimate of drug-likeness (QED) is 0.907. The minimum absolute atomic E-state index is 0.0129. The maximum atomic E-state index is 12.4. The molecule has 0 aromatic heterocycles. The molecular formula is C16H23NO2S. The van der Waals surface area contributed by atoms with E-state index in [9.17, 15) is 9.90 Å². The van der Waals surface area contributed by atoms with E-state index < -0.39 is 5.60 Å². The number of benzene rings is 1. The van der Waals surface area contributed by atoms with Gasteiger partial charge in [-0.1, -0.05) is 25.0 Å². The summed E-state index contributed by atoms with van der Waals surface area (Å²) in [5.41, 5.74) is 1.24. The molecule has 1 fully saturated rings. The van der Waals surface area contributed by atoms with Gasteiger partial charge < -0.3 is 10.0 Å². The summed E-state index contributed by atoms with van der Waals surface area (Å²) in [6.07, 6.45) is 5.79. The van der Waals surface area contributed by atoms with Crippen LogP contribution in [0, 0.1) is 0 Å². The number of hydrogen-bond acceptors (Lipinski definition) is 3. The van der Waals surface area contributed by atoms with Crippen LogP contribution in [0.15, 0.2) is 24.3 Å². The molecule has 0 aliphatic heterocycles. The van der Waals surface area contributed by atoms with E-state index in [0.717, 1.165) is 31.4 Å². The molecular weight excluding hydrogens is 270 g/mol. The Bertz CT molecular complexity index is 452. The second-order valence-electron chi connectivity index (χ2n) is 5.72. The standard InChI is InChI=1S/C16H23NO2S/c1-17(12-16(19)9-3-4-10-16)15(18)14-7-5-13(6-8-14)11-20-2/h5-8,19H,3-4,9-12H2,1-2H3. The molecule has 0 radical (unpaired) electrons. The van der Waals surface area contributed by atoms with E-state index in [4.69, 9.17) is 0 Å². The molecule has 1 aliphatic carbocycles. The molecule has 1 aromatic carbocycles. The van der Waals surface area contributed by atoms with Gasteiger partial charge in [-0.2, -0.15) is 11.8 Å². The highest BCUT2D eigenvalue weighted by Crippen LogP contribution is 2.30. The highest BCUT2D eigenvalue weighted by molar-refractivity contribution is 7.97. The topological polar surface area (TPSA) is 40.5 Å². The lowest BCUT2D eigenvalue weighted by Crippen LogP contribution is -2.42. The highest BCUT2D eigenvalue weighted by Gasteiger charge is 2.33. The minimum Gasteiger partial charge on any atom is -0.388 e. The van der Waals surface area contributed by atoms with Gasteiger partial charge in [0.2, 0.25) is 0 Å². The van der Waals surface area contributed by atoms with Crippen LogP contribution in [0.3, 0.4) is 0 Å². The van der Waals surface area contributed by atoms with E-state index in [1.54, 1.807) is 23.7 Å². The number of carbonyl (C=O) groups is 1. The van der Waals surface area contributed by atoms with Gasteiger partial charge in [-0.3, -0.25) is 4.79 Å². The third-order valence-electron chi connectivity index (χ3n) is 3.92. The summed E-state index contributed by atoms with van der Waals surface area (Å²) in [7, 11) is 1.77. The summed E-state index contributed by atoms with van der Waals surface area (Å²) in [6.45, 7) is 0.429. The van der Waals surface area contributed by atoms with Crippen LogP contribution in [0.25, 0.3) is 0 Å². The number of likely N-dealkylation sites (N-methyl/N-ethyl adjacent to an activating group) is 1. The number of aliphatic hydroxyl groups is 1. The van der Waals surface area contributed by atoms with Gasteiger partial charge in [-0.05, 0) is 36.8 Å². The molecule has 2 rings (SSSR count). The van der Waals surface area contributed by atoms with E-state index in [1.165, 1.54) is 5.56 Å². The monoisotopic (exact) mass is 293 g/mol. The van der Waals surface area contributed by atoms with Crippen molar-refractivity contribution in [2.75, 3.05) is 19.8 Å². The lowest BCUT2D eigenvalue weighted by molar-refractivity contribution is 0.0157. The lowest BCUT2D eigenvalue weighted by atomic mass is 10.0. The van der Waals surface area contributed by atoms with E-state index in [1.807, 2.05) is 24.3 Å². The molecule has 20 heavy (non-hydrogen) atoms. The Balaban J connectivity index is 1.99. The maximum absolute atomic E-state index is 12.4. The van der Waals surface area contributed by atoms with Crippen molar-refractivity contribution in [2.45, 2.75) is 37.0 Å². The Hall–Kier alpha value is -1.00. The van der Waals surface area contributed by atoms with Gasteiger partial charge in [0.1, 0.15) is 0 Å². The second-order valence-corrected chi connectivity index (χ2v) is 6.59. The van der Waals surface area contributed by atoms with Gasteiger partial charge in [0.25, 0.3) is 5.91 Å². The molecule has 0 atom stereocenters.